The number of imide groups is 1. The van der Waals surface area contributed by atoms with Gasteiger partial charge < -0.3 is 9.73 Å². The van der Waals surface area contributed by atoms with Crippen LogP contribution in [0.3, 0.4) is 0 Å². The number of nitrogens with zero attached hydrogens (tertiary/aromatic N) is 1. The van der Waals surface area contributed by atoms with Crippen LogP contribution in [-0.2, 0) is 9.59 Å². The van der Waals surface area contributed by atoms with Crippen molar-refractivity contribution in [2.75, 3.05) is 10.2 Å². The van der Waals surface area contributed by atoms with Gasteiger partial charge in [-0.3, -0.25) is 9.59 Å². The number of amides is 2. The molecule has 1 atom stereocenters. The first-order valence-electron chi connectivity index (χ1n) is 8.25. The van der Waals surface area contributed by atoms with Crippen molar-refractivity contribution in [2.24, 2.45) is 0 Å². The number of hydrogen-bond donors (Lipinski definition) is 1. The van der Waals surface area contributed by atoms with E-state index in [0.29, 0.717) is 17.0 Å². The topological polar surface area (TPSA) is 79.6 Å². The predicted octanol–water partition coefficient (Wildman–Crippen LogP) is 2.85. The number of hydrogen-bond acceptors (Lipinski definition) is 5. The van der Waals surface area contributed by atoms with Crippen LogP contribution in [0.2, 0.25) is 0 Å². The summed E-state index contributed by atoms with van der Waals surface area (Å²) in [7, 11) is 0. The molecule has 2 aromatic carbocycles. The highest BCUT2D eigenvalue weighted by molar-refractivity contribution is 6.23. The summed E-state index contributed by atoms with van der Waals surface area (Å²) >= 11 is 0. The molecule has 0 aliphatic carbocycles. The van der Waals surface area contributed by atoms with Gasteiger partial charge in [-0.05, 0) is 48.9 Å². The molecule has 6 nitrogen and oxygen atoms in total. The average molecular weight is 348 g/mol. The summed E-state index contributed by atoms with van der Waals surface area (Å²) in [5.41, 5.74) is 2.31. The van der Waals surface area contributed by atoms with E-state index in [1.807, 2.05) is 25.1 Å². The number of benzene rings is 2. The minimum Gasteiger partial charge on any atom is -0.423 e. The standard InChI is InChI=1S/C20H16N2O4/c1-12-3-2-4-15(9-12)22-18(23)11-16(20(22)25)21-14-6-7-17-13(10-14)5-8-19(24)26-17/h2-10,16,21H,11H2,1H3. The van der Waals surface area contributed by atoms with Crippen LogP contribution in [0.1, 0.15) is 12.0 Å². The highest BCUT2D eigenvalue weighted by atomic mass is 16.4. The van der Waals surface area contributed by atoms with E-state index < -0.39 is 11.7 Å². The third kappa shape index (κ3) is 2.86. The van der Waals surface area contributed by atoms with Crippen LogP contribution in [0.4, 0.5) is 11.4 Å². The largest absolute Gasteiger partial charge is 0.423 e. The van der Waals surface area contributed by atoms with Crippen LogP contribution in [-0.4, -0.2) is 17.9 Å². The van der Waals surface area contributed by atoms with Gasteiger partial charge >= 0.3 is 5.63 Å². The highest BCUT2D eigenvalue weighted by Gasteiger charge is 2.39. The van der Waals surface area contributed by atoms with E-state index in [2.05, 4.69) is 5.32 Å². The van der Waals surface area contributed by atoms with Crippen molar-refractivity contribution >= 4 is 34.2 Å². The molecule has 1 unspecified atom stereocenters. The Balaban J connectivity index is 1.59. The highest BCUT2D eigenvalue weighted by Crippen LogP contribution is 2.26. The zero-order chi connectivity index (χ0) is 18.3. The third-order valence-electron chi connectivity index (χ3n) is 4.37. The van der Waals surface area contributed by atoms with Crippen molar-refractivity contribution in [2.45, 2.75) is 19.4 Å². The van der Waals surface area contributed by atoms with E-state index in [1.54, 1.807) is 30.3 Å². The van der Waals surface area contributed by atoms with Crippen LogP contribution in [0.25, 0.3) is 11.0 Å². The molecule has 0 saturated carbocycles. The Morgan fingerprint density at radius 1 is 1.04 bits per heavy atom. The Hall–Kier alpha value is -3.41. The molecule has 2 heterocycles. The lowest BCUT2D eigenvalue weighted by atomic mass is 10.2. The molecule has 0 radical (unpaired) electrons. The third-order valence-corrected chi connectivity index (χ3v) is 4.37. The fourth-order valence-electron chi connectivity index (χ4n) is 3.15. The smallest absolute Gasteiger partial charge is 0.336 e. The molecule has 1 aliphatic rings. The molecule has 26 heavy (non-hydrogen) atoms. The van der Waals surface area contributed by atoms with Crippen LogP contribution < -0.4 is 15.8 Å². The Morgan fingerprint density at radius 3 is 2.69 bits per heavy atom. The first-order valence-corrected chi connectivity index (χ1v) is 8.25. The molecule has 4 rings (SSSR count). The number of rotatable bonds is 3. The molecule has 0 bridgehead atoms. The summed E-state index contributed by atoms with van der Waals surface area (Å²) in [5.74, 6) is -0.509. The SMILES string of the molecule is Cc1cccc(N2C(=O)CC(Nc3ccc4oc(=O)ccc4c3)C2=O)c1. The Labute approximate surface area is 149 Å². The maximum absolute atomic E-state index is 12.7. The van der Waals surface area contributed by atoms with E-state index in [1.165, 1.54) is 11.0 Å². The van der Waals surface area contributed by atoms with E-state index in [4.69, 9.17) is 4.42 Å². The molecule has 1 N–H and O–H groups in total. The summed E-state index contributed by atoms with van der Waals surface area (Å²) < 4.78 is 5.10. The monoisotopic (exact) mass is 348 g/mol. The van der Waals surface area contributed by atoms with Crippen LogP contribution in [0.15, 0.2) is 63.8 Å². The van der Waals surface area contributed by atoms with Gasteiger partial charge in [0, 0.05) is 17.1 Å². The van der Waals surface area contributed by atoms with Gasteiger partial charge in [-0.1, -0.05) is 12.1 Å². The second kappa shape index (κ2) is 6.15. The second-order valence-electron chi connectivity index (χ2n) is 6.31. The van der Waals surface area contributed by atoms with Gasteiger partial charge in [0.25, 0.3) is 5.91 Å². The van der Waals surface area contributed by atoms with Crippen molar-refractivity contribution in [3.05, 3.63) is 70.6 Å². The number of anilines is 2. The molecule has 1 fully saturated rings. The Kier molecular flexibility index (Phi) is 3.80. The minimum atomic E-state index is -0.629. The summed E-state index contributed by atoms with van der Waals surface area (Å²) in [5, 5.41) is 3.85. The van der Waals surface area contributed by atoms with Gasteiger partial charge in [-0.15, -0.1) is 0 Å². The molecule has 1 aliphatic heterocycles. The lowest BCUT2D eigenvalue weighted by molar-refractivity contribution is -0.121. The van der Waals surface area contributed by atoms with Crippen molar-refractivity contribution in [3.8, 4) is 0 Å². The molecular weight excluding hydrogens is 332 g/mol. The number of carbonyl (C=O) groups excluding carboxylic acids is 2. The normalized spacial score (nSPS) is 17.1. The first-order chi connectivity index (χ1) is 12.5. The quantitative estimate of drug-likeness (QED) is 0.582. The van der Waals surface area contributed by atoms with Gasteiger partial charge in [0.1, 0.15) is 11.6 Å². The zero-order valence-corrected chi connectivity index (χ0v) is 14.1. The van der Waals surface area contributed by atoms with Crippen LogP contribution >= 0.6 is 0 Å². The fourth-order valence-corrected chi connectivity index (χ4v) is 3.15. The molecule has 1 saturated heterocycles. The number of carbonyl (C=O) groups is 2. The van der Waals surface area contributed by atoms with Crippen LogP contribution in [0, 0.1) is 6.92 Å². The van der Waals surface area contributed by atoms with Crippen molar-refractivity contribution in [3.63, 3.8) is 0 Å². The van der Waals surface area contributed by atoms with Crippen molar-refractivity contribution in [1.82, 2.24) is 0 Å². The fraction of sp³-hybridized carbons (Fsp3) is 0.150. The lowest BCUT2D eigenvalue weighted by Gasteiger charge is -2.16. The van der Waals surface area contributed by atoms with E-state index in [9.17, 15) is 14.4 Å². The maximum atomic E-state index is 12.7. The van der Waals surface area contributed by atoms with Gasteiger partial charge in [-0.2, -0.15) is 0 Å². The van der Waals surface area contributed by atoms with Crippen molar-refractivity contribution < 1.29 is 14.0 Å². The second-order valence-corrected chi connectivity index (χ2v) is 6.31. The number of aryl methyl sites for hydroxylation is 1. The average Bonchev–Trinajstić information content (AvgIpc) is 2.88. The molecule has 130 valence electrons. The van der Waals surface area contributed by atoms with Gasteiger partial charge in [0.15, 0.2) is 0 Å². The molecule has 1 aromatic heterocycles. The van der Waals surface area contributed by atoms with E-state index in [-0.39, 0.29) is 18.2 Å². The lowest BCUT2D eigenvalue weighted by Crippen LogP contribution is -2.34. The minimum absolute atomic E-state index is 0.0919. The van der Waals surface area contributed by atoms with E-state index >= 15 is 0 Å². The zero-order valence-electron chi connectivity index (χ0n) is 14.1. The Bertz CT molecular complexity index is 1090. The summed E-state index contributed by atoms with van der Waals surface area (Å²) in [6, 6.07) is 14.8. The Morgan fingerprint density at radius 2 is 1.88 bits per heavy atom. The number of nitrogens with one attached hydrogen (secondary N) is 1. The van der Waals surface area contributed by atoms with Gasteiger partial charge in [0.2, 0.25) is 5.91 Å². The summed E-state index contributed by atoms with van der Waals surface area (Å²) in [4.78, 5) is 37.6. The first kappa shape index (κ1) is 16.1. The summed E-state index contributed by atoms with van der Waals surface area (Å²) in [6.45, 7) is 1.91. The predicted molar refractivity (Wildman–Crippen MR) is 98.2 cm³/mol. The molecule has 0 spiro atoms. The molecule has 2 amide bonds. The van der Waals surface area contributed by atoms with E-state index in [0.717, 1.165) is 10.9 Å². The summed E-state index contributed by atoms with van der Waals surface area (Å²) in [6.07, 6.45) is 0.0919. The number of fused-ring (bicyclic) bond motifs is 1. The van der Waals surface area contributed by atoms with Gasteiger partial charge in [-0.25, -0.2) is 9.69 Å². The molecule has 6 heteroatoms. The molecule has 3 aromatic rings. The maximum Gasteiger partial charge on any atom is 0.336 e. The van der Waals surface area contributed by atoms with Gasteiger partial charge in [0.05, 0.1) is 12.1 Å². The van der Waals surface area contributed by atoms with Crippen molar-refractivity contribution in [1.29, 1.82) is 0 Å². The van der Waals surface area contributed by atoms with Crippen LogP contribution in [0.5, 0.6) is 0 Å². The molecular formula is C20H16N2O4.